The van der Waals surface area contributed by atoms with E-state index in [1.54, 1.807) is 47.0 Å². The Morgan fingerprint density at radius 1 is 0.488 bits per heavy atom. The van der Waals surface area contributed by atoms with Gasteiger partial charge in [0.1, 0.15) is 5.82 Å². The van der Waals surface area contributed by atoms with Crippen molar-refractivity contribution in [3.05, 3.63) is 333 Å². The molecule has 0 aliphatic rings. The molecule has 412 valence electrons. The van der Waals surface area contributed by atoms with Gasteiger partial charge in [0.05, 0.1) is 62.0 Å². The Morgan fingerprint density at radius 3 is 1.66 bits per heavy atom. The minimum absolute atomic E-state index is 0. The van der Waals surface area contributed by atoms with Crippen molar-refractivity contribution in [2.24, 2.45) is 0 Å². The van der Waals surface area contributed by atoms with Gasteiger partial charge in [-0.15, -0.1) is 29.7 Å². The van der Waals surface area contributed by atoms with E-state index in [0.29, 0.717) is 16.3 Å². The normalized spacial score (nSPS) is 17.5. The monoisotopic (exact) mass is 1330 g/mol. The predicted molar refractivity (Wildman–Crippen MR) is 350 cm³/mol. The van der Waals surface area contributed by atoms with Crippen LogP contribution < -0.4 is 30.1 Å². The van der Waals surface area contributed by atoms with Crippen LogP contribution in [0.2, 0.25) is 0 Å². The van der Waals surface area contributed by atoms with Crippen LogP contribution in [0.25, 0.3) is 94.5 Å². The van der Waals surface area contributed by atoms with Crippen LogP contribution in [0.4, 0.5) is 0 Å². The fourth-order valence-electron chi connectivity index (χ4n) is 10.5. The van der Waals surface area contributed by atoms with Crippen molar-refractivity contribution in [2.45, 2.75) is 6.85 Å². The van der Waals surface area contributed by atoms with Gasteiger partial charge in [0, 0.05) is 54.0 Å². The predicted octanol–water partition coefficient (Wildman–Crippen LogP) is 15.9. The summed E-state index contributed by atoms with van der Waals surface area (Å²) in [6, 6.07) is -2.78. The van der Waals surface area contributed by atoms with Gasteiger partial charge in [-0.1, -0.05) is 247 Å². The minimum atomic E-state index is -6.46. The molecule has 3 heterocycles. The van der Waals surface area contributed by atoms with Crippen molar-refractivity contribution in [3.8, 4) is 73.2 Å². The van der Waals surface area contributed by atoms with Crippen LogP contribution in [0.3, 0.4) is 0 Å². The minimum Gasteiger partial charge on any atom is -0.510 e. The van der Waals surface area contributed by atoms with E-state index in [-0.39, 0.29) is 66.2 Å². The van der Waals surface area contributed by atoms with Crippen LogP contribution in [-0.2, 0) is 21.1 Å². The molecule has 5 nitrogen and oxygen atoms in total. The summed E-state index contributed by atoms with van der Waals surface area (Å²) in [4.78, 5) is 4.66. The van der Waals surface area contributed by atoms with Crippen LogP contribution in [0, 0.1) is 25.3 Å². The molecule has 0 amide bonds. The molecule has 7 heteroatoms. The maximum absolute atomic E-state index is 10.6. The standard InChI is InChI=1S/C79H54N4OSi.Pt/c1-56-48-78(80-54-72(56)59-30-12-4-13-31-59)83-73-42-21-20-40-70(73)71-47-46-65(53-76(71)83)84-64-33-24-32-63(52-64)81-55-82(75-44-23-22-43-74(75)81)79-69(62-50-60(57-26-8-2-9-27-57)49-61(51-62)58-28-10-3-11-29-58)41-25-45-77(79)85(66-34-14-5-15-35-66,67-36-16-6-17-37-67)68-38-18-7-19-39-68;/h2-51,54H,1H3;/q-2;/i1D3,2D,3D,4D,5D,6D,7D,8D,9D,10D,11D,12D,13D,14D,15D,16D,17D,18D,19D,26D,27D,28D,29D,30D,31D,34D,35D,36D,37D,38D,39D,49D,50D,51D;. The van der Waals surface area contributed by atoms with Gasteiger partial charge in [-0.05, 0) is 113 Å². The zero-order chi connectivity index (χ0) is 87.9. The second-order valence-corrected chi connectivity index (χ2v) is 22.3. The van der Waals surface area contributed by atoms with Gasteiger partial charge < -0.3 is 13.9 Å². The number of rotatable bonds is 13. The third kappa shape index (κ3) is 9.59. The molecule has 0 N–H and O–H groups in total. The average Bonchev–Trinajstić information content (AvgIpc) is 0.910. The number of para-hydroxylation sites is 4. The molecule has 15 aromatic rings. The first kappa shape index (κ1) is 27.2. The number of hydrogen-bond donors (Lipinski definition) is 0. The summed E-state index contributed by atoms with van der Waals surface area (Å²) in [6.07, 6.45) is 4.36. The quantitative estimate of drug-likeness (QED) is 0.0499. The Morgan fingerprint density at radius 2 is 1.03 bits per heavy atom. The number of pyridine rings is 1. The average molecular weight is 1330 g/mol. The third-order valence-corrected chi connectivity index (χ3v) is 18.2. The van der Waals surface area contributed by atoms with E-state index in [2.05, 4.69) is 23.4 Å². The Kier molecular flexibility index (Phi) is 7.30. The first-order chi connectivity index (χ1) is 57.0. The van der Waals surface area contributed by atoms with Crippen molar-refractivity contribution >= 4 is 61.7 Å². The fraction of sp³-hybridized carbons (Fsp3) is 0.0127. The topological polar surface area (TPSA) is 35.9 Å². The molecule has 0 saturated heterocycles. The Balaban J connectivity index is 0.0000121. The number of benzene rings is 12. The van der Waals surface area contributed by atoms with Crippen molar-refractivity contribution < 1.29 is 79.7 Å². The smallest absolute Gasteiger partial charge is 0.268 e. The summed E-state index contributed by atoms with van der Waals surface area (Å²) in [7, 11) is -6.46. The molecule has 0 aliphatic carbocycles. The molecule has 0 atom stereocenters. The molecule has 0 bridgehead atoms. The van der Waals surface area contributed by atoms with Gasteiger partial charge in [0.25, 0.3) is 6.33 Å². The number of aromatic nitrogens is 4. The van der Waals surface area contributed by atoms with Crippen LogP contribution >= 0.6 is 0 Å². The van der Waals surface area contributed by atoms with E-state index < -0.39 is 285 Å². The van der Waals surface area contributed by atoms with Crippen LogP contribution in [0.5, 0.6) is 11.5 Å². The Bertz CT molecular complexity index is 6690. The van der Waals surface area contributed by atoms with E-state index in [9.17, 15) is 26.0 Å². The molecule has 86 heavy (non-hydrogen) atoms. The molecule has 0 saturated carbocycles. The SMILES string of the molecule is [2H]c1c([2H])c([2H])c(-c2cnc(-n3c4[c-]c(Oc5[c-]c(-n6[c-][n+](-c7c(-c8c([2H])c(-c9c([2H])c([2H])c([2H])c([2H])c9[2H])c([2H])c(-c9c([2H])c([2H])c([2H])c([2H])c9[2H])c8[2H])cccc7[Si](c7c([2H])c([2H])c([2H])c([2H])c7[2H])(c7c([2H])c([2H])c([2H])c([2H])c7[2H])c7c([2H])c([2H])c([2H])c([2H])c7[2H])c7ccccc76)ccc5)ccc4c4ccccc43)cc2C([2H])([2H])[2H])c([2H])c1[2H].[Pt]. The summed E-state index contributed by atoms with van der Waals surface area (Å²) in [5, 5.41) is -2.57. The fourth-order valence-corrected chi connectivity index (χ4v) is 14.5. The summed E-state index contributed by atoms with van der Waals surface area (Å²) >= 11 is 0. The number of fused-ring (bicyclic) bond motifs is 4. The van der Waals surface area contributed by atoms with Gasteiger partial charge in [-0.3, -0.25) is 4.57 Å². The maximum atomic E-state index is 10.6. The molecule has 0 unspecified atom stereocenters. The number of nitrogens with zero attached hydrogens (tertiary/aromatic N) is 4. The van der Waals surface area contributed by atoms with Gasteiger partial charge in [0.15, 0.2) is 8.07 Å². The molecule has 12 aromatic carbocycles. The summed E-state index contributed by atoms with van der Waals surface area (Å²) in [6.45, 7) is -2.97. The van der Waals surface area contributed by atoms with Crippen LogP contribution in [-0.4, -0.2) is 22.2 Å². The van der Waals surface area contributed by atoms with Crippen molar-refractivity contribution in [1.29, 1.82) is 0 Å². The zero-order valence-corrected chi connectivity index (χ0v) is 47.2. The second kappa shape index (κ2) is 23.1. The van der Waals surface area contributed by atoms with E-state index >= 15 is 0 Å². The molecule has 0 radical (unpaired) electrons. The summed E-state index contributed by atoms with van der Waals surface area (Å²) < 4.78 is 345. The van der Waals surface area contributed by atoms with Gasteiger partial charge in [-0.25, -0.2) is 4.98 Å². The largest absolute Gasteiger partial charge is 0.510 e. The maximum Gasteiger partial charge on any atom is 0.268 e. The Hall–Kier alpha value is -10.2. The van der Waals surface area contributed by atoms with Gasteiger partial charge >= 0.3 is 0 Å². The van der Waals surface area contributed by atoms with Crippen LogP contribution in [0.15, 0.2) is 309 Å². The second-order valence-electron chi connectivity index (χ2n) is 18.7. The number of ether oxygens (including phenoxy) is 1. The number of hydrogen-bond acceptors (Lipinski definition) is 2. The number of imidazole rings is 1. The van der Waals surface area contributed by atoms with Crippen LogP contribution in [0.1, 0.15) is 54.9 Å². The van der Waals surface area contributed by atoms with E-state index in [0.717, 1.165) is 29.0 Å². The van der Waals surface area contributed by atoms with Gasteiger partial charge in [-0.2, -0.15) is 18.2 Å². The van der Waals surface area contributed by atoms with Crippen molar-refractivity contribution in [1.82, 2.24) is 14.1 Å². The summed E-state index contributed by atoms with van der Waals surface area (Å²) in [5.74, 6) is -0.0968. The molecule has 0 aliphatic heterocycles. The first-order valence-corrected chi connectivity index (χ1v) is 27.8. The van der Waals surface area contributed by atoms with E-state index in [1.807, 2.05) is 0 Å². The third-order valence-electron chi connectivity index (χ3n) is 14.0. The van der Waals surface area contributed by atoms with Gasteiger partial charge in [0.2, 0.25) is 0 Å². The van der Waals surface area contributed by atoms with Crippen molar-refractivity contribution in [2.75, 3.05) is 0 Å². The van der Waals surface area contributed by atoms with E-state index in [1.165, 1.54) is 47.0 Å². The number of aryl methyl sites for hydroxylation is 1. The zero-order valence-electron chi connectivity index (χ0n) is 79.9. The summed E-state index contributed by atoms with van der Waals surface area (Å²) in [5.41, 5.74) is -6.18. The van der Waals surface area contributed by atoms with Crippen molar-refractivity contribution in [3.63, 3.8) is 0 Å². The molecular formula is C79H54N4OPtSi-2. The molecule has 0 spiro atoms. The molecule has 15 rings (SSSR count). The Labute approximate surface area is 566 Å². The molecule has 3 aromatic heterocycles. The molecule has 0 fully saturated rings. The first-order valence-electron chi connectivity index (χ1n) is 43.8. The van der Waals surface area contributed by atoms with E-state index in [4.69, 9.17) is 28.0 Å². The molecular weight excluding hydrogens is 1240 g/mol.